The van der Waals surface area contributed by atoms with Gasteiger partial charge in [0.25, 0.3) is 5.91 Å². The standard InChI is InChI=1S/C22H22ClF3N2O6/c1-11(19-10-28-21(33-19)31-13-7-14(8-13)34-22(24,25)26)4-5-27-20(30)18-9-16(29)15-6-12(23)2-3-17(15)32-18/h2-3,6,10,13-14,16,18,29H,1,4-5,7-9H2,(H,27,30)/t13-,14+,16-,18+/m1/s1. The summed E-state index contributed by atoms with van der Waals surface area (Å²) in [6.45, 7) is 4.13. The van der Waals surface area contributed by atoms with E-state index < -0.39 is 30.8 Å². The topological polar surface area (TPSA) is 103 Å². The van der Waals surface area contributed by atoms with Crippen LogP contribution >= 0.6 is 11.6 Å². The maximum atomic E-state index is 12.5. The number of nitrogens with zero attached hydrogens (tertiary/aromatic N) is 1. The molecule has 1 aromatic heterocycles. The molecule has 0 unspecified atom stereocenters. The van der Waals surface area contributed by atoms with Crippen molar-refractivity contribution in [2.45, 2.75) is 56.5 Å². The number of rotatable bonds is 8. The van der Waals surface area contributed by atoms with E-state index in [1.54, 1.807) is 18.2 Å². The molecule has 2 aliphatic rings. The Morgan fingerprint density at radius 3 is 2.79 bits per heavy atom. The smallest absolute Gasteiger partial charge is 0.480 e. The summed E-state index contributed by atoms with van der Waals surface area (Å²) in [6.07, 6.45) is -5.87. The summed E-state index contributed by atoms with van der Waals surface area (Å²) in [4.78, 5) is 16.4. The molecule has 0 bridgehead atoms. The summed E-state index contributed by atoms with van der Waals surface area (Å²) in [7, 11) is 0. The van der Waals surface area contributed by atoms with E-state index in [0.717, 1.165) is 0 Å². The van der Waals surface area contributed by atoms with Crippen molar-refractivity contribution in [3.8, 4) is 11.8 Å². The first-order valence-electron chi connectivity index (χ1n) is 10.5. The Hall–Kier alpha value is -2.76. The second kappa shape index (κ2) is 9.85. The number of alkyl halides is 3. The minimum Gasteiger partial charge on any atom is -0.480 e. The first-order valence-corrected chi connectivity index (χ1v) is 10.9. The van der Waals surface area contributed by atoms with Crippen molar-refractivity contribution in [1.82, 2.24) is 10.3 Å². The molecule has 0 spiro atoms. The van der Waals surface area contributed by atoms with Crippen LogP contribution in [0.25, 0.3) is 5.57 Å². The molecule has 34 heavy (non-hydrogen) atoms. The quantitative estimate of drug-likeness (QED) is 0.558. The monoisotopic (exact) mass is 502 g/mol. The Kier molecular flexibility index (Phi) is 7.06. The molecule has 1 aromatic carbocycles. The molecule has 0 saturated heterocycles. The zero-order valence-electron chi connectivity index (χ0n) is 17.8. The summed E-state index contributed by atoms with van der Waals surface area (Å²) < 4.78 is 57.0. The van der Waals surface area contributed by atoms with Crippen LogP contribution in [0.4, 0.5) is 13.2 Å². The third-order valence-electron chi connectivity index (χ3n) is 5.51. The summed E-state index contributed by atoms with van der Waals surface area (Å²) in [6, 6.07) is 4.83. The molecular formula is C22H22ClF3N2O6. The summed E-state index contributed by atoms with van der Waals surface area (Å²) in [5.74, 6) is 0.362. The number of amides is 1. The number of ether oxygens (including phenoxy) is 3. The van der Waals surface area contributed by atoms with Crippen molar-refractivity contribution in [3.05, 3.63) is 47.3 Å². The highest BCUT2D eigenvalue weighted by Gasteiger charge is 2.41. The van der Waals surface area contributed by atoms with Gasteiger partial charge in [0, 0.05) is 36.4 Å². The highest BCUT2D eigenvalue weighted by molar-refractivity contribution is 6.30. The first-order chi connectivity index (χ1) is 16.1. The average molecular weight is 503 g/mol. The lowest BCUT2D eigenvalue weighted by atomic mass is 9.92. The van der Waals surface area contributed by atoms with E-state index in [1.807, 2.05) is 0 Å². The van der Waals surface area contributed by atoms with Gasteiger partial charge in [-0.25, -0.2) is 0 Å². The number of carbonyl (C=O) groups excluding carboxylic acids is 1. The summed E-state index contributed by atoms with van der Waals surface area (Å²) >= 11 is 5.94. The SMILES string of the molecule is C=C(CCNC(=O)[C@@H]1C[C@@H](O)c2cc(Cl)ccc2O1)c1cnc(O[C@H]2C[C@@H](OC(F)(F)F)C2)o1. The van der Waals surface area contributed by atoms with Gasteiger partial charge in [-0.15, -0.1) is 13.2 Å². The minimum atomic E-state index is -4.67. The van der Waals surface area contributed by atoms with Gasteiger partial charge in [0.05, 0.1) is 18.4 Å². The molecule has 1 fully saturated rings. The van der Waals surface area contributed by atoms with Crippen LogP contribution in [0.1, 0.15) is 43.1 Å². The van der Waals surface area contributed by atoms with E-state index in [4.69, 9.17) is 25.5 Å². The van der Waals surface area contributed by atoms with Crippen molar-refractivity contribution in [3.63, 3.8) is 0 Å². The second-order valence-electron chi connectivity index (χ2n) is 8.07. The molecule has 1 aliphatic heterocycles. The van der Waals surface area contributed by atoms with Crippen molar-refractivity contribution in [1.29, 1.82) is 0 Å². The zero-order valence-corrected chi connectivity index (χ0v) is 18.6. The van der Waals surface area contributed by atoms with Crippen LogP contribution < -0.4 is 14.8 Å². The molecule has 1 amide bonds. The molecule has 2 N–H and O–H groups in total. The summed E-state index contributed by atoms with van der Waals surface area (Å²) in [5.41, 5.74) is 1.08. The van der Waals surface area contributed by atoms with E-state index >= 15 is 0 Å². The van der Waals surface area contributed by atoms with Gasteiger partial charge in [0.1, 0.15) is 11.9 Å². The van der Waals surface area contributed by atoms with E-state index in [1.165, 1.54) is 6.20 Å². The minimum absolute atomic E-state index is 0.0704. The molecule has 2 heterocycles. The number of hydrogen-bond acceptors (Lipinski definition) is 7. The molecule has 0 radical (unpaired) electrons. The number of fused-ring (bicyclic) bond motifs is 1. The highest BCUT2D eigenvalue weighted by Crippen LogP contribution is 2.36. The van der Waals surface area contributed by atoms with Crippen LogP contribution in [0.5, 0.6) is 11.8 Å². The largest absolute Gasteiger partial charge is 0.522 e. The van der Waals surface area contributed by atoms with E-state index in [9.17, 15) is 23.1 Å². The maximum absolute atomic E-state index is 12.5. The normalized spacial score (nSPS) is 23.9. The average Bonchev–Trinajstić information content (AvgIpc) is 3.20. The molecule has 12 heteroatoms. The number of aromatic nitrogens is 1. The molecule has 2 aromatic rings. The molecule has 2 atom stereocenters. The predicted molar refractivity (Wildman–Crippen MR) is 113 cm³/mol. The maximum Gasteiger partial charge on any atom is 0.522 e. The number of aliphatic hydroxyl groups excluding tert-OH is 1. The predicted octanol–water partition coefficient (Wildman–Crippen LogP) is 4.18. The number of nitrogens with one attached hydrogen (secondary N) is 1. The van der Waals surface area contributed by atoms with Gasteiger partial charge in [0.2, 0.25) is 0 Å². The van der Waals surface area contributed by atoms with Crippen molar-refractivity contribution in [2.75, 3.05) is 6.54 Å². The fourth-order valence-corrected chi connectivity index (χ4v) is 3.85. The number of benzene rings is 1. The van der Waals surface area contributed by atoms with Gasteiger partial charge in [-0.05, 0) is 30.2 Å². The van der Waals surface area contributed by atoms with E-state index in [2.05, 4.69) is 21.6 Å². The number of hydrogen-bond donors (Lipinski definition) is 2. The number of aliphatic hydroxyl groups is 1. The second-order valence-corrected chi connectivity index (χ2v) is 8.51. The van der Waals surface area contributed by atoms with Crippen LogP contribution in [0.3, 0.4) is 0 Å². The number of halogens is 4. The molecule has 4 rings (SSSR count). The lowest BCUT2D eigenvalue weighted by Gasteiger charge is -2.33. The van der Waals surface area contributed by atoms with Gasteiger partial charge in [-0.2, -0.15) is 4.98 Å². The van der Waals surface area contributed by atoms with Crippen LogP contribution in [-0.4, -0.2) is 47.2 Å². The Bertz CT molecular complexity index is 1050. The Morgan fingerprint density at radius 1 is 1.29 bits per heavy atom. The van der Waals surface area contributed by atoms with Crippen LogP contribution in [0, 0.1) is 0 Å². The lowest BCUT2D eigenvalue weighted by Crippen LogP contribution is -2.42. The molecule has 8 nitrogen and oxygen atoms in total. The summed E-state index contributed by atoms with van der Waals surface area (Å²) in [5, 5.41) is 13.5. The third-order valence-corrected chi connectivity index (χ3v) is 5.74. The number of carbonyl (C=O) groups is 1. The van der Waals surface area contributed by atoms with Crippen LogP contribution in [0.15, 0.2) is 35.4 Å². The van der Waals surface area contributed by atoms with Crippen molar-refractivity contribution in [2.24, 2.45) is 0 Å². The van der Waals surface area contributed by atoms with E-state index in [0.29, 0.717) is 34.1 Å². The van der Waals surface area contributed by atoms with Gasteiger partial charge < -0.3 is 24.3 Å². The molecule has 184 valence electrons. The van der Waals surface area contributed by atoms with Gasteiger partial charge >= 0.3 is 12.4 Å². The van der Waals surface area contributed by atoms with Crippen LogP contribution in [-0.2, 0) is 9.53 Å². The molecule has 1 saturated carbocycles. The highest BCUT2D eigenvalue weighted by atomic mass is 35.5. The van der Waals surface area contributed by atoms with Gasteiger partial charge in [-0.3, -0.25) is 9.53 Å². The fourth-order valence-electron chi connectivity index (χ4n) is 3.67. The number of oxazole rings is 1. The van der Waals surface area contributed by atoms with Crippen molar-refractivity contribution >= 4 is 23.1 Å². The Labute approximate surface area is 197 Å². The van der Waals surface area contributed by atoms with Gasteiger partial charge in [0.15, 0.2) is 11.9 Å². The van der Waals surface area contributed by atoms with Crippen molar-refractivity contribution < 1.29 is 41.7 Å². The fraction of sp³-hybridized carbons (Fsp3) is 0.455. The Morgan fingerprint density at radius 2 is 2.06 bits per heavy atom. The lowest BCUT2D eigenvalue weighted by molar-refractivity contribution is -0.355. The zero-order chi connectivity index (χ0) is 24.5. The Balaban J connectivity index is 1.19. The molecule has 1 aliphatic carbocycles. The molecular weight excluding hydrogens is 481 g/mol. The third kappa shape index (κ3) is 6.02. The van der Waals surface area contributed by atoms with Crippen LogP contribution in [0.2, 0.25) is 5.02 Å². The van der Waals surface area contributed by atoms with E-state index in [-0.39, 0.29) is 37.8 Å². The van der Waals surface area contributed by atoms with Gasteiger partial charge in [-0.1, -0.05) is 18.2 Å². The first kappa shape index (κ1) is 24.4.